The van der Waals surface area contributed by atoms with Gasteiger partial charge in [0.25, 0.3) is 0 Å². The largest absolute Gasteiger partial charge is 0.482 e. The Bertz CT molecular complexity index is 1370. The van der Waals surface area contributed by atoms with E-state index in [1.165, 1.54) is 31.5 Å². The number of rotatable bonds is 9. The molecule has 9 heteroatoms. The lowest BCUT2D eigenvalue weighted by molar-refractivity contribution is 0.266. The summed E-state index contributed by atoms with van der Waals surface area (Å²) in [6, 6.07) is 15.6. The van der Waals surface area contributed by atoms with Gasteiger partial charge < -0.3 is 18.8 Å². The van der Waals surface area contributed by atoms with E-state index >= 15 is 0 Å². The van der Waals surface area contributed by atoms with E-state index in [1.54, 1.807) is 12.1 Å². The minimum absolute atomic E-state index is 0.0136. The number of hydrogen-bond donors (Lipinski definition) is 1. The number of benzene rings is 2. The lowest BCUT2D eigenvalue weighted by Crippen LogP contribution is -2.29. The van der Waals surface area contributed by atoms with Gasteiger partial charge in [0.2, 0.25) is 21.2 Å². The molecule has 8 nitrogen and oxygen atoms in total. The second-order valence-electron chi connectivity index (χ2n) is 7.62. The van der Waals surface area contributed by atoms with Gasteiger partial charge >= 0.3 is 0 Å². The summed E-state index contributed by atoms with van der Waals surface area (Å²) >= 11 is 0. The third-order valence-corrected chi connectivity index (χ3v) is 7.11. The molecule has 1 N–H and O–H groups in total. The number of fused-ring (bicyclic) bond motifs is 1. The molecule has 0 aliphatic heterocycles. The maximum absolute atomic E-state index is 12.4. The van der Waals surface area contributed by atoms with Crippen LogP contribution in [0.3, 0.4) is 0 Å². The molecule has 0 amide bonds. The number of aromatic nitrogens is 1. The molecule has 0 fully saturated rings. The van der Waals surface area contributed by atoms with Gasteiger partial charge in [-0.15, -0.1) is 0 Å². The van der Waals surface area contributed by atoms with Crippen LogP contribution in [0.4, 0.5) is 0 Å². The van der Waals surface area contributed by atoms with Crippen LogP contribution >= 0.6 is 0 Å². The first-order valence-corrected chi connectivity index (χ1v) is 11.8. The summed E-state index contributed by atoms with van der Waals surface area (Å²) in [6.45, 7) is 0.260. The summed E-state index contributed by atoms with van der Waals surface area (Å²) in [5, 5.41) is 11.2. The van der Waals surface area contributed by atoms with Gasteiger partial charge in [0, 0.05) is 32.1 Å². The van der Waals surface area contributed by atoms with Gasteiger partial charge in [0.1, 0.15) is 18.6 Å². The van der Waals surface area contributed by atoms with E-state index in [0.29, 0.717) is 17.9 Å². The molecule has 0 aliphatic rings. The molecule has 0 bridgehead atoms. The standard InChI is InChI=1S/C24H24N2O6S/c1-25(10-11-27)33(29,30)22-8-6-18(7-9-22)16-32-24-17-31-21(12-23(24)28)15-26-13-19-4-2-3-5-20(19)14-26/h2-9,12-14,17,27H,10-11,15-16H2,1H3. The van der Waals surface area contributed by atoms with Crippen molar-refractivity contribution in [3.8, 4) is 5.75 Å². The number of hydrogen-bond acceptors (Lipinski definition) is 6. The summed E-state index contributed by atoms with van der Waals surface area (Å²) in [4.78, 5) is 12.6. The van der Waals surface area contributed by atoms with E-state index in [1.807, 2.05) is 41.2 Å². The zero-order valence-corrected chi connectivity index (χ0v) is 18.9. The highest BCUT2D eigenvalue weighted by molar-refractivity contribution is 7.89. The number of sulfonamides is 1. The molecule has 2 heterocycles. The maximum atomic E-state index is 12.4. The van der Waals surface area contributed by atoms with Crippen molar-refractivity contribution in [2.24, 2.45) is 0 Å². The quantitative estimate of drug-likeness (QED) is 0.405. The number of nitrogens with zero attached hydrogens (tertiary/aromatic N) is 2. The Balaban J connectivity index is 1.40. The predicted octanol–water partition coefficient (Wildman–Crippen LogP) is 2.83. The summed E-state index contributed by atoms with van der Waals surface area (Å²) in [5.74, 6) is 0.588. The number of aliphatic hydroxyl groups is 1. The second kappa shape index (κ2) is 9.62. The Kier molecular flexibility index (Phi) is 6.64. The fourth-order valence-corrected chi connectivity index (χ4v) is 4.56. The first-order chi connectivity index (χ1) is 15.9. The van der Waals surface area contributed by atoms with Gasteiger partial charge in [0.05, 0.1) is 18.0 Å². The van der Waals surface area contributed by atoms with Crippen LogP contribution in [0, 0.1) is 0 Å². The van der Waals surface area contributed by atoms with E-state index in [2.05, 4.69) is 0 Å². The molecule has 2 aromatic heterocycles. The van der Waals surface area contributed by atoms with Gasteiger partial charge in [-0.05, 0) is 28.5 Å². The van der Waals surface area contributed by atoms with Crippen molar-refractivity contribution in [2.75, 3.05) is 20.2 Å². The van der Waals surface area contributed by atoms with Crippen molar-refractivity contribution >= 4 is 20.8 Å². The van der Waals surface area contributed by atoms with Gasteiger partial charge in [0.15, 0.2) is 0 Å². The van der Waals surface area contributed by atoms with E-state index in [4.69, 9.17) is 14.3 Å². The lowest BCUT2D eigenvalue weighted by atomic mass is 10.2. The van der Waals surface area contributed by atoms with Crippen LogP contribution in [-0.2, 0) is 23.2 Å². The first kappa shape index (κ1) is 22.8. The van der Waals surface area contributed by atoms with Gasteiger partial charge in [-0.2, -0.15) is 4.31 Å². The SMILES string of the molecule is CN(CCO)S(=O)(=O)c1ccc(COc2coc(Cn3cc4ccccc4c3)cc2=O)cc1. The van der Waals surface area contributed by atoms with Crippen LogP contribution in [0.25, 0.3) is 10.8 Å². The average molecular weight is 469 g/mol. The van der Waals surface area contributed by atoms with Crippen LogP contribution in [0.15, 0.2) is 87.4 Å². The number of likely N-dealkylation sites (N-methyl/N-ethyl adjacent to an activating group) is 1. The molecule has 172 valence electrons. The Morgan fingerprint density at radius 3 is 2.33 bits per heavy atom. The zero-order chi connectivity index (χ0) is 23.4. The highest BCUT2D eigenvalue weighted by Crippen LogP contribution is 2.18. The molecule has 0 spiro atoms. The average Bonchev–Trinajstić information content (AvgIpc) is 3.21. The molecule has 0 unspecified atom stereocenters. The summed E-state index contributed by atoms with van der Waals surface area (Å²) in [6.07, 6.45) is 5.28. The van der Waals surface area contributed by atoms with Crippen LogP contribution in [0.2, 0.25) is 0 Å². The maximum Gasteiger partial charge on any atom is 0.242 e. The highest BCUT2D eigenvalue weighted by atomic mass is 32.2. The summed E-state index contributed by atoms with van der Waals surface area (Å²) < 4.78 is 39.0. The molecule has 0 saturated carbocycles. The first-order valence-electron chi connectivity index (χ1n) is 10.3. The minimum atomic E-state index is -3.67. The Labute approximate surface area is 191 Å². The van der Waals surface area contributed by atoms with Gasteiger partial charge in [-0.25, -0.2) is 8.42 Å². The fourth-order valence-electron chi connectivity index (χ4n) is 3.40. The van der Waals surface area contributed by atoms with Crippen molar-refractivity contribution in [1.29, 1.82) is 0 Å². The van der Waals surface area contributed by atoms with Crippen molar-refractivity contribution in [2.45, 2.75) is 18.0 Å². The van der Waals surface area contributed by atoms with Gasteiger partial charge in [-0.3, -0.25) is 4.79 Å². The molecule has 0 atom stereocenters. The molecular weight excluding hydrogens is 444 g/mol. The molecular formula is C24H24N2O6S. The van der Waals surface area contributed by atoms with E-state index in [0.717, 1.165) is 15.1 Å². The smallest absolute Gasteiger partial charge is 0.242 e. The molecule has 0 aliphatic carbocycles. The molecule has 2 aromatic carbocycles. The second-order valence-corrected chi connectivity index (χ2v) is 9.66. The third-order valence-electron chi connectivity index (χ3n) is 5.24. The van der Waals surface area contributed by atoms with Crippen LogP contribution in [0.1, 0.15) is 11.3 Å². The van der Waals surface area contributed by atoms with Crippen LogP contribution < -0.4 is 10.2 Å². The van der Waals surface area contributed by atoms with Crippen LogP contribution in [0.5, 0.6) is 5.75 Å². The lowest BCUT2D eigenvalue weighted by Gasteiger charge is -2.16. The Hall–Kier alpha value is -3.40. The summed E-state index contributed by atoms with van der Waals surface area (Å²) in [7, 11) is -2.26. The molecule has 4 aromatic rings. The van der Waals surface area contributed by atoms with Gasteiger partial charge in [-0.1, -0.05) is 36.4 Å². The minimum Gasteiger partial charge on any atom is -0.482 e. The normalized spacial score (nSPS) is 11.8. The van der Waals surface area contributed by atoms with Crippen molar-refractivity contribution < 1.29 is 22.7 Å². The Morgan fingerprint density at radius 1 is 1.06 bits per heavy atom. The fraction of sp³-hybridized carbons (Fsp3) is 0.208. The van der Waals surface area contributed by atoms with E-state index < -0.39 is 10.0 Å². The zero-order valence-electron chi connectivity index (χ0n) is 18.0. The monoisotopic (exact) mass is 468 g/mol. The molecule has 4 rings (SSSR count). The molecule has 33 heavy (non-hydrogen) atoms. The highest BCUT2D eigenvalue weighted by Gasteiger charge is 2.20. The van der Waals surface area contributed by atoms with E-state index in [9.17, 15) is 13.2 Å². The van der Waals surface area contributed by atoms with Crippen molar-refractivity contribution in [3.05, 3.63) is 94.8 Å². The van der Waals surface area contributed by atoms with E-state index in [-0.39, 0.29) is 35.8 Å². The van der Waals surface area contributed by atoms with Crippen molar-refractivity contribution in [1.82, 2.24) is 8.87 Å². The Morgan fingerprint density at radius 2 is 1.73 bits per heavy atom. The predicted molar refractivity (Wildman–Crippen MR) is 124 cm³/mol. The molecule has 0 radical (unpaired) electrons. The number of ether oxygens (including phenoxy) is 1. The molecule has 0 saturated heterocycles. The third kappa shape index (κ3) is 5.16. The number of aliphatic hydroxyl groups excluding tert-OH is 1. The topological polar surface area (TPSA) is 102 Å². The van der Waals surface area contributed by atoms with Crippen LogP contribution in [-0.4, -0.2) is 42.6 Å². The summed E-state index contributed by atoms with van der Waals surface area (Å²) in [5.41, 5.74) is 0.402. The van der Waals surface area contributed by atoms with Crippen molar-refractivity contribution in [3.63, 3.8) is 0 Å².